The maximum absolute atomic E-state index is 12.2. The number of carbonyl (C=O) groups is 1. The average Bonchev–Trinajstić information content (AvgIpc) is 2.10. The van der Waals surface area contributed by atoms with Crippen molar-refractivity contribution in [2.75, 3.05) is 0 Å². The Morgan fingerprint density at radius 2 is 2.00 bits per heavy atom. The first-order valence-corrected chi connectivity index (χ1v) is 5.66. The fourth-order valence-electron chi connectivity index (χ4n) is 1.41. The molecule has 1 N–H and O–H groups in total. The van der Waals surface area contributed by atoms with Crippen LogP contribution in [-0.2, 0) is 11.2 Å². The highest BCUT2D eigenvalue weighted by Gasteiger charge is 2.29. The number of hydrogen-bond acceptors (Lipinski definition) is 2. The highest BCUT2D eigenvalue weighted by molar-refractivity contribution is 8.00. The largest absolute Gasteiger partial charge is 0.481 e. The molecule has 0 bridgehead atoms. The van der Waals surface area contributed by atoms with E-state index in [4.69, 9.17) is 5.11 Å². The van der Waals surface area contributed by atoms with E-state index in [1.807, 2.05) is 0 Å². The second-order valence-corrected chi connectivity index (χ2v) is 4.73. The number of carboxylic acid groups (broad SMARTS) is 1. The Bertz CT molecular complexity index is 416. The van der Waals surface area contributed by atoms with E-state index in [1.54, 1.807) is 13.0 Å². The van der Waals surface area contributed by atoms with Crippen LogP contribution in [0.5, 0.6) is 0 Å². The molecule has 2 nitrogen and oxygen atoms in total. The lowest BCUT2D eigenvalue weighted by Gasteiger charge is -2.08. The SMILES string of the molecule is Cc1cc(CCC(=O)O)cc(SC(F)(F)F)c1. The van der Waals surface area contributed by atoms with Gasteiger partial charge in [-0.15, -0.1) is 0 Å². The van der Waals surface area contributed by atoms with Crippen molar-refractivity contribution in [1.29, 1.82) is 0 Å². The van der Waals surface area contributed by atoms with Gasteiger partial charge in [-0.2, -0.15) is 13.2 Å². The Morgan fingerprint density at radius 3 is 2.53 bits per heavy atom. The van der Waals surface area contributed by atoms with Crippen molar-refractivity contribution in [3.63, 3.8) is 0 Å². The van der Waals surface area contributed by atoms with E-state index >= 15 is 0 Å². The molecule has 0 fully saturated rings. The van der Waals surface area contributed by atoms with Crippen LogP contribution in [0.25, 0.3) is 0 Å². The van der Waals surface area contributed by atoms with Crippen molar-refractivity contribution >= 4 is 17.7 Å². The average molecular weight is 264 g/mol. The lowest BCUT2D eigenvalue weighted by molar-refractivity contribution is -0.136. The number of aliphatic carboxylic acids is 1. The number of benzene rings is 1. The van der Waals surface area contributed by atoms with Crippen molar-refractivity contribution in [3.8, 4) is 0 Å². The maximum atomic E-state index is 12.2. The molecule has 0 radical (unpaired) electrons. The minimum atomic E-state index is -4.32. The second-order valence-electron chi connectivity index (χ2n) is 3.60. The standard InChI is InChI=1S/C11H11F3O2S/c1-7-4-8(2-3-10(15)16)6-9(5-7)17-11(12,13)14/h4-6H,2-3H2,1H3,(H,15,16). The quantitative estimate of drug-likeness (QED) is 0.844. The lowest BCUT2D eigenvalue weighted by Crippen LogP contribution is -2.01. The smallest absolute Gasteiger partial charge is 0.446 e. The first kappa shape index (κ1) is 13.9. The molecule has 0 aliphatic rings. The summed E-state index contributed by atoms with van der Waals surface area (Å²) in [5, 5.41) is 8.51. The third kappa shape index (κ3) is 5.63. The van der Waals surface area contributed by atoms with Gasteiger partial charge in [0.15, 0.2) is 0 Å². The molecule has 0 aliphatic heterocycles. The predicted molar refractivity (Wildman–Crippen MR) is 59.0 cm³/mol. The summed E-state index contributed by atoms with van der Waals surface area (Å²) >= 11 is -0.184. The molecule has 0 atom stereocenters. The summed E-state index contributed by atoms with van der Waals surface area (Å²) in [5.74, 6) is -0.962. The zero-order valence-corrected chi connectivity index (χ0v) is 9.86. The molecule has 0 saturated carbocycles. The van der Waals surface area contributed by atoms with Gasteiger partial charge in [0.2, 0.25) is 0 Å². The van der Waals surface area contributed by atoms with Gasteiger partial charge in [-0.25, -0.2) is 0 Å². The van der Waals surface area contributed by atoms with Gasteiger partial charge in [0.05, 0.1) is 0 Å². The van der Waals surface area contributed by atoms with Gasteiger partial charge in [0.25, 0.3) is 0 Å². The molecule has 1 rings (SSSR count). The topological polar surface area (TPSA) is 37.3 Å². The van der Waals surface area contributed by atoms with Crippen LogP contribution in [0.2, 0.25) is 0 Å². The van der Waals surface area contributed by atoms with Gasteiger partial charge in [0, 0.05) is 11.3 Å². The van der Waals surface area contributed by atoms with E-state index in [-0.39, 0.29) is 29.5 Å². The summed E-state index contributed by atoms with van der Waals surface area (Å²) in [5.41, 5.74) is -3.02. The minimum Gasteiger partial charge on any atom is -0.481 e. The summed E-state index contributed by atoms with van der Waals surface area (Å²) in [6.45, 7) is 1.69. The predicted octanol–water partition coefficient (Wildman–Crippen LogP) is 3.62. The van der Waals surface area contributed by atoms with Crippen LogP contribution in [0.1, 0.15) is 17.5 Å². The molecular formula is C11H11F3O2S. The molecule has 0 aromatic heterocycles. The first-order chi connectivity index (χ1) is 7.76. The van der Waals surface area contributed by atoms with E-state index in [9.17, 15) is 18.0 Å². The third-order valence-electron chi connectivity index (χ3n) is 1.97. The molecule has 0 saturated heterocycles. The van der Waals surface area contributed by atoms with Crippen LogP contribution in [0.4, 0.5) is 13.2 Å². The molecule has 0 heterocycles. The lowest BCUT2D eigenvalue weighted by atomic mass is 10.1. The summed E-state index contributed by atoms with van der Waals surface area (Å²) in [6.07, 6.45) is 0.155. The van der Waals surface area contributed by atoms with Gasteiger partial charge >= 0.3 is 11.5 Å². The number of hydrogen-bond donors (Lipinski definition) is 1. The van der Waals surface area contributed by atoms with Gasteiger partial charge in [-0.3, -0.25) is 4.79 Å². The van der Waals surface area contributed by atoms with Crippen LogP contribution in [0.15, 0.2) is 23.1 Å². The molecule has 1 aromatic rings. The number of halogens is 3. The minimum absolute atomic E-state index is 0.0838. The second kappa shape index (κ2) is 5.44. The van der Waals surface area contributed by atoms with Gasteiger partial charge < -0.3 is 5.11 Å². The van der Waals surface area contributed by atoms with Gasteiger partial charge in [-0.05, 0) is 48.4 Å². The molecule has 1 aromatic carbocycles. The fraction of sp³-hybridized carbons (Fsp3) is 0.364. The molecule has 0 aliphatic carbocycles. The Balaban J connectivity index is 2.83. The number of rotatable bonds is 4. The van der Waals surface area contributed by atoms with Gasteiger partial charge in [0.1, 0.15) is 0 Å². The molecule has 0 unspecified atom stereocenters. The highest BCUT2D eigenvalue weighted by atomic mass is 32.2. The summed E-state index contributed by atoms with van der Waals surface area (Å²) in [7, 11) is 0. The number of alkyl halides is 3. The van der Waals surface area contributed by atoms with E-state index in [0.717, 1.165) is 0 Å². The van der Waals surface area contributed by atoms with Crippen LogP contribution in [-0.4, -0.2) is 16.6 Å². The van der Waals surface area contributed by atoms with E-state index in [1.165, 1.54) is 12.1 Å². The first-order valence-electron chi connectivity index (χ1n) is 4.84. The summed E-state index contributed by atoms with van der Waals surface area (Å²) in [4.78, 5) is 10.5. The van der Waals surface area contributed by atoms with Gasteiger partial charge in [-0.1, -0.05) is 6.07 Å². The maximum Gasteiger partial charge on any atom is 0.446 e. The molecule has 17 heavy (non-hydrogen) atoms. The Labute approximate surface area is 101 Å². The van der Waals surface area contributed by atoms with Crippen molar-refractivity contribution in [1.82, 2.24) is 0 Å². The number of carboxylic acids is 1. The highest BCUT2D eigenvalue weighted by Crippen LogP contribution is 2.37. The molecule has 94 valence electrons. The molecule has 6 heteroatoms. The van der Waals surface area contributed by atoms with E-state index in [2.05, 4.69) is 0 Å². The Kier molecular flexibility index (Phi) is 4.45. The molecule has 0 amide bonds. The fourth-order valence-corrected chi connectivity index (χ4v) is 2.14. The third-order valence-corrected chi connectivity index (χ3v) is 2.67. The van der Waals surface area contributed by atoms with E-state index < -0.39 is 11.5 Å². The van der Waals surface area contributed by atoms with Crippen molar-refractivity contribution in [2.24, 2.45) is 0 Å². The molecule has 0 spiro atoms. The monoisotopic (exact) mass is 264 g/mol. The zero-order chi connectivity index (χ0) is 13.1. The van der Waals surface area contributed by atoms with Crippen LogP contribution in [0.3, 0.4) is 0 Å². The van der Waals surface area contributed by atoms with E-state index in [0.29, 0.717) is 11.1 Å². The van der Waals surface area contributed by atoms with Crippen molar-refractivity contribution < 1.29 is 23.1 Å². The zero-order valence-electron chi connectivity index (χ0n) is 9.04. The Morgan fingerprint density at radius 1 is 1.35 bits per heavy atom. The van der Waals surface area contributed by atoms with Crippen molar-refractivity contribution in [3.05, 3.63) is 29.3 Å². The number of aryl methyl sites for hydroxylation is 2. The molecular weight excluding hydrogens is 253 g/mol. The summed E-state index contributed by atoms with van der Waals surface area (Å²) < 4.78 is 36.6. The normalized spacial score (nSPS) is 11.5. The van der Waals surface area contributed by atoms with Crippen LogP contribution >= 0.6 is 11.8 Å². The summed E-state index contributed by atoms with van der Waals surface area (Å²) in [6, 6.07) is 4.51. The number of thioether (sulfide) groups is 1. The van der Waals surface area contributed by atoms with Crippen LogP contribution < -0.4 is 0 Å². The van der Waals surface area contributed by atoms with Crippen molar-refractivity contribution in [2.45, 2.75) is 30.2 Å². The van der Waals surface area contributed by atoms with Crippen LogP contribution in [0, 0.1) is 6.92 Å². The Hall–Kier alpha value is -1.17.